The molecule has 14 heavy (non-hydrogen) atoms. The van der Waals surface area contributed by atoms with Crippen LogP contribution in [0.3, 0.4) is 0 Å². The molecule has 0 aliphatic carbocycles. The van der Waals surface area contributed by atoms with Crippen molar-refractivity contribution in [3.8, 4) is 0 Å². The normalized spacial score (nSPS) is 22.1. The molecule has 2 heterocycles. The van der Waals surface area contributed by atoms with E-state index < -0.39 is 0 Å². The quantitative estimate of drug-likeness (QED) is 0.790. The molecule has 1 N–H and O–H groups in total. The minimum atomic E-state index is 0.671. The molecule has 78 valence electrons. The number of rotatable bonds is 3. The maximum atomic E-state index is 4.39. The molecule has 0 aromatic carbocycles. The predicted molar refractivity (Wildman–Crippen MR) is 57.3 cm³/mol. The second-order valence-electron chi connectivity index (χ2n) is 4.58. The lowest BCUT2D eigenvalue weighted by molar-refractivity contribution is 0.482. The molecule has 1 aliphatic rings. The molecule has 0 spiro atoms. The van der Waals surface area contributed by atoms with Crippen molar-refractivity contribution < 1.29 is 0 Å². The molecule has 1 aromatic heterocycles. The highest BCUT2D eigenvalue weighted by atomic mass is 15.3. The fourth-order valence-electron chi connectivity index (χ4n) is 2.00. The number of hydrogen-bond donors (Lipinski definition) is 1. The van der Waals surface area contributed by atoms with Gasteiger partial charge in [-0.05, 0) is 24.4 Å². The highest BCUT2D eigenvalue weighted by Crippen LogP contribution is 2.21. The Hall–Kier alpha value is -0.830. The minimum absolute atomic E-state index is 0.671. The topological polar surface area (TPSA) is 29.9 Å². The van der Waals surface area contributed by atoms with Gasteiger partial charge in [-0.1, -0.05) is 13.8 Å². The van der Waals surface area contributed by atoms with E-state index in [1.165, 1.54) is 12.0 Å². The van der Waals surface area contributed by atoms with Crippen molar-refractivity contribution >= 4 is 0 Å². The van der Waals surface area contributed by atoms with E-state index in [1.54, 1.807) is 0 Å². The number of nitrogens with one attached hydrogen (secondary N) is 1. The second-order valence-corrected chi connectivity index (χ2v) is 4.58. The van der Waals surface area contributed by atoms with Crippen LogP contribution >= 0.6 is 0 Å². The van der Waals surface area contributed by atoms with Crippen molar-refractivity contribution in [2.45, 2.75) is 32.7 Å². The largest absolute Gasteiger partial charge is 0.316 e. The maximum absolute atomic E-state index is 4.39. The first-order valence-corrected chi connectivity index (χ1v) is 5.49. The Bertz CT molecular complexity index is 284. The van der Waals surface area contributed by atoms with E-state index in [1.807, 2.05) is 6.20 Å². The molecule has 1 saturated heterocycles. The van der Waals surface area contributed by atoms with Gasteiger partial charge in [0, 0.05) is 25.2 Å². The van der Waals surface area contributed by atoms with E-state index in [0.29, 0.717) is 11.8 Å². The lowest BCUT2D eigenvalue weighted by Crippen LogP contribution is -2.07. The van der Waals surface area contributed by atoms with Crippen molar-refractivity contribution in [2.75, 3.05) is 13.1 Å². The molecule has 1 unspecified atom stereocenters. The molecule has 0 amide bonds. The van der Waals surface area contributed by atoms with Crippen molar-refractivity contribution in [3.63, 3.8) is 0 Å². The van der Waals surface area contributed by atoms with Crippen LogP contribution in [0.4, 0.5) is 0 Å². The minimum Gasteiger partial charge on any atom is -0.316 e. The third-order valence-electron chi connectivity index (χ3n) is 2.74. The molecule has 0 saturated carbocycles. The second kappa shape index (κ2) is 4.13. The molecule has 3 nitrogen and oxygen atoms in total. The average molecular weight is 193 g/mol. The molecule has 2 rings (SSSR count). The maximum Gasteiger partial charge on any atom is 0.0525 e. The number of hydrogen-bond acceptors (Lipinski definition) is 2. The van der Waals surface area contributed by atoms with Gasteiger partial charge in [-0.2, -0.15) is 5.10 Å². The van der Waals surface area contributed by atoms with Gasteiger partial charge in [-0.3, -0.25) is 4.68 Å². The zero-order valence-electron chi connectivity index (χ0n) is 9.03. The monoisotopic (exact) mass is 193 g/mol. The van der Waals surface area contributed by atoms with Crippen LogP contribution in [0.2, 0.25) is 0 Å². The summed E-state index contributed by atoms with van der Waals surface area (Å²) in [6, 6.07) is 0. The third kappa shape index (κ3) is 2.15. The lowest BCUT2D eigenvalue weighted by atomic mass is 10.0. The van der Waals surface area contributed by atoms with Crippen LogP contribution < -0.4 is 5.32 Å². The summed E-state index contributed by atoms with van der Waals surface area (Å²) in [6.45, 7) is 7.74. The zero-order chi connectivity index (χ0) is 9.97. The molecule has 1 atom stereocenters. The van der Waals surface area contributed by atoms with Crippen LogP contribution in [0.5, 0.6) is 0 Å². The summed E-state index contributed by atoms with van der Waals surface area (Å²) in [4.78, 5) is 0. The van der Waals surface area contributed by atoms with E-state index in [0.717, 1.165) is 19.6 Å². The molecule has 3 heteroatoms. The highest BCUT2D eigenvalue weighted by Gasteiger charge is 2.17. The smallest absolute Gasteiger partial charge is 0.0525 e. The molecule has 1 aromatic rings. The Kier molecular flexibility index (Phi) is 2.87. The van der Waals surface area contributed by atoms with Crippen molar-refractivity contribution in [1.82, 2.24) is 15.1 Å². The van der Waals surface area contributed by atoms with Gasteiger partial charge in [0.05, 0.1) is 6.20 Å². The van der Waals surface area contributed by atoms with Gasteiger partial charge in [0.15, 0.2) is 0 Å². The zero-order valence-corrected chi connectivity index (χ0v) is 9.03. The van der Waals surface area contributed by atoms with Crippen LogP contribution in [-0.2, 0) is 6.54 Å². The van der Waals surface area contributed by atoms with E-state index in [-0.39, 0.29) is 0 Å². The van der Waals surface area contributed by atoms with E-state index >= 15 is 0 Å². The summed E-state index contributed by atoms with van der Waals surface area (Å²) in [6.07, 6.45) is 5.49. The number of aromatic nitrogens is 2. The standard InChI is InChI=1S/C11H19N3/c1-9(2)7-14-8-11(6-13-14)10-3-4-12-5-10/h6,8-10,12H,3-5,7H2,1-2H3. The van der Waals surface area contributed by atoms with E-state index in [9.17, 15) is 0 Å². The molecule has 0 bridgehead atoms. The highest BCUT2D eigenvalue weighted by molar-refractivity contribution is 5.13. The fraction of sp³-hybridized carbons (Fsp3) is 0.727. The summed E-state index contributed by atoms with van der Waals surface area (Å²) in [5, 5.41) is 7.77. The van der Waals surface area contributed by atoms with Gasteiger partial charge < -0.3 is 5.32 Å². The molecule has 1 aliphatic heterocycles. The number of nitrogens with zero attached hydrogens (tertiary/aromatic N) is 2. The first-order valence-electron chi connectivity index (χ1n) is 5.49. The lowest BCUT2D eigenvalue weighted by Gasteiger charge is -2.05. The van der Waals surface area contributed by atoms with Gasteiger partial charge in [0.25, 0.3) is 0 Å². The Morgan fingerprint density at radius 3 is 3.14 bits per heavy atom. The Balaban J connectivity index is 2.01. The third-order valence-corrected chi connectivity index (χ3v) is 2.74. The van der Waals surface area contributed by atoms with Crippen molar-refractivity contribution in [2.24, 2.45) is 5.92 Å². The molecule has 0 radical (unpaired) electrons. The van der Waals surface area contributed by atoms with Gasteiger partial charge >= 0.3 is 0 Å². The molecule has 1 fully saturated rings. The van der Waals surface area contributed by atoms with Crippen LogP contribution in [0.25, 0.3) is 0 Å². The SMILES string of the molecule is CC(C)Cn1cc(C2CCNC2)cn1. The summed E-state index contributed by atoms with van der Waals surface area (Å²) in [5.41, 5.74) is 1.40. The Morgan fingerprint density at radius 2 is 2.50 bits per heavy atom. The first kappa shape index (κ1) is 9.71. The van der Waals surface area contributed by atoms with Gasteiger partial charge in [-0.25, -0.2) is 0 Å². The average Bonchev–Trinajstić information content (AvgIpc) is 2.69. The summed E-state index contributed by atoms with van der Waals surface area (Å²) in [5.74, 6) is 1.36. The Morgan fingerprint density at radius 1 is 1.64 bits per heavy atom. The van der Waals surface area contributed by atoms with Crippen LogP contribution in [-0.4, -0.2) is 22.9 Å². The van der Waals surface area contributed by atoms with Gasteiger partial charge in [0.1, 0.15) is 0 Å². The van der Waals surface area contributed by atoms with Crippen LogP contribution in [0.1, 0.15) is 31.7 Å². The van der Waals surface area contributed by atoms with E-state index in [4.69, 9.17) is 0 Å². The fourth-order valence-corrected chi connectivity index (χ4v) is 2.00. The van der Waals surface area contributed by atoms with Crippen molar-refractivity contribution in [1.29, 1.82) is 0 Å². The van der Waals surface area contributed by atoms with Gasteiger partial charge in [0.2, 0.25) is 0 Å². The summed E-state index contributed by atoms with van der Waals surface area (Å²) in [7, 11) is 0. The summed E-state index contributed by atoms with van der Waals surface area (Å²) >= 11 is 0. The molecular formula is C11H19N3. The van der Waals surface area contributed by atoms with Crippen molar-refractivity contribution in [3.05, 3.63) is 18.0 Å². The van der Waals surface area contributed by atoms with Gasteiger partial charge in [-0.15, -0.1) is 0 Å². The predicted octanol–water partition coefficient (Wildman–Crippen LogP) is 1.62. The molecular weight excluding hydrogens is 174 g/mol. The Labute approximate surface area is 85.5 Å². The van der Waals surface area contributed by atoms with Crippen LogP contribution in [0.15, 0.2) is 12.4 Å². The first-order chi connectivity index (χ1) is 6.75. The van der Waals surface area contributed by atoms with Crippen LogP contribution in [0, 0.1) is 5.92 Å². The van der Waals surface area contributed by atoms with E-state index in [2.05, 4.69) is 35.1 Å². The summed E-state index contributed by atoms with van der Waals surface area (Å²) < 4.78 is 2.07.